The van der Waals surface area contributed by atoms with E-state index in [4.69, 9.17) is 10.8 Å². The van der Waals surface area contributed by atoms with Gasteiger partial charge in [0.1, 0.15) is 11.6 Å². The zero-order valence-electron chi connectivity index (χ0n) is 8.30. The molecule has 2 aromatic heterocycles. The van der Waals surface area contributed by atoms with Gasteiger partial charge in [-0.15, -0.1) is 11.8 Å². The van der Waals surface area contributed by atoms with Crippen molar-refractivity contribution in [1.29, 1.82) is 0 Å². The van der Waals surface area contributed by atoms with Crippen LogP contribution < -0.4 is 5.73 Å². The Morgan fingerprint density at radius 2 is 2.31 bits per heavy atom. The number of carboxylic acid groups (broad SMARTS) is 1. The van der Waals surface area contributed by atoms with Crippen molar-refractivity contribution in [3.63, 3.8) is 0 Å². The number of pyridine rings is 1. The van der Waals surface area contributed by atoms with Gasteiger partial charge in [0.05, 0.1) is 17.0 Å². The van der Waals surface area contributed by atoms with Gasteiger partial charge in [-0.25, -0.2) is 9.97 Å². The van der Waals surface area contributed by atoms with E-state index < -0.39 is 5.97 Å². The molecule has 0 saturated heterocycles. The Balaban J connectivity index is 2.10. The molecule has 84 valence electrons. The minimum Gasteiger partial charge on any atom is -0.481 e. The number of H-pyrrole nitrogens is 1. The Morgan fingerprint density at radius 1 is 1.50 bits per heavy atom. The Hall–Kier alpha value is -1.76. The molecule has 7 heteroatoms. The van der Waals surface area contributed by atoms with Gasteiger partial charge in [0.15, 0.2) is 5.65 Å². The molecule has 2 aromatic rings. The fourth-order valence-electron chi connectivity index (χ4n) is 1.26. The van der Waals surface area contributed by atoms with E-state index >= 15 is 0 Å². The first-order chi connectivity index (χ1) is 7.65. The van der Waals surface area contributed by atoms with Gasteiger partial charge in [0, 0.05) is 0 Å². The van der Waals surface area contributed by atoms with Crippen LogP contribution in [0.5, 0.6) is 0 Å². The van der Waals surface area contributed by atoms with Crippen molar-refractivity contribution in [3.05, 3.63) is 18.0 Å². The number of aromatic amines is 1. The van der Waals surface area contributed by atoms with Crippen molar-refractivity contribution >= 4 is 34.7 Å². The van der Waals surface area contributed by atoms with E-state index in [0.717, 1.165) is 5.52 Å². The van der Waals surface area contributed by atoms with E-state index in [2.05, 4.69) is 15.0 Å². The number of nitrogens with zero attached hydrogens (tertiary/aromatic N) is 2. The highest BCUT2D eigenvalue weighted by Crippen LogP contribution is 2.14. The molecule has 0 aromatic carbocycles. The highest BCUT2D eigenvalue weighted by molar-refractivity contribution is 7.99. The van der Waals surface area contributed by atoms with E-state index in [1.807, 2.05) is 0 Å². The number of aromatic nitrogens is 3. The van der Waals surface area contributed by atoms with Crippen molar-refractivity contribution < 1.29 is 9.90 Å². The standard InChI is InChI=1S/C9H10N4O2S/c10-6-2-1-5-9(12-6)13-7(11-5)3-16-4-8(14)15/h1-2H,3-4H2,(H,14,15)(H3,10,11,12,13). The highest BCUT2D eigenvalue weighted by atomic mass is 32.2. The van der Waals surface area contributed by atoms with Gasteiger partial charge in [-0.3, -0.25) is 4.79 Å². The topological polar surface area (TPSA) is 105 Å². The fraction of sp³-hybridized carbons (Fsp3) is 0.222. The number of hydrogen-bond acceptors (Lipinski definition) is 5. The molecule has 16 heavy (non-hydrogen) atoms. The van der Waals surface area contributed by atoms with Crippen LogP contribution in [0.3, 0.4) is 0 Å². The minimum atomic E-state index is -0.830. The molecule has 0 aliphatic heterocycles. The first-order valence-corrected chi connectivity index (χ1v) is 5.71. The van der Waals surface area contributed by atoms with Crippen molar-refractivity contribution in [1.82, 2.24) is 15.0 Å². The molecule has 0 aliphatic carbocycles. The van der Waals surface area contributed by atoms with Crippen LogP contribution in [0.25, 0.3) is 11.2 Å². The Labute approximate surface area is 95.3 Å². The van der Waals surface area contributed by atoms with Crippen molar-refractivity contribution in [3.8, 4) is 0 Å². The number of nitrogens with two attached hydrogens (primary N) is 1. The Kier molecular flexibility index (Phi) is 2.95. The van der Waals surface area contributed by atoms with Gasteiger partial charge >= 0.3 is 5.97 Å². The molecule has 0 aliphatic rings. The number of nitrogen functional groups attached to an aromatic ring is 1. The fourth-order valence-corrected chi connectivity index (χ4v) is 1.87. The van der Waals surface area contributed by atoms with E-state index in [1.165, 1.54) is 11.8 Å². The van der Waals surface area contributed by atoms with Crippen LogP contribution in [0.1, 0.15) is 5.82 Å². The average molecular weight is 238 g/mol. The summed E-state index contributed by atoms with van der Waals surface area (Å²) in [5.41, 5.74) is 6.89. The summed E-state index contributed by atoms with van der Waals surface area (Å²) < 4.78 is 0. The van der Waals surface area contributed by atoms with Gasteiger partial charge < -0.3 is 15.8 Å². The maximum Gasteiger partial charge on any atom is 0.313 e. The van der Waals surface area contributed by atoms with Crippen LogP contribution >= 0.6 is 11.8 Å². The number of carboxylic acids is 1. The van der Waals surface area contributed by atoms with Crippen molar-refractivity contribution in [2.75, 3.05) is 11.5 Å². The van der Waals surface area contributed by atoms with Crippen molar-refractivity contribution in [2.24, 2.45) is 0 Å². The lowest BCUT2D eigenvalue weighted by atomic mass is 10.4. The number of carbonyl (C=O) groups is 1. The summed E-state index contributed by atoms with van der Waals surface area (Å²) in [6, 6.07) is 3.49. The second-order valence-electron chi connectivity index (χ2n) is 3.18. The van der Waals surface area contributed by atoms with E-state index in [0.29, 0.717) is 23.0 Å². The van der Waals surface area contributed by atoms with Crippen LogP contribution in [-0.4, -0.2) is 31.8 Å². The maximum absolute atomic E-state index is 10.3. The molecule has 6 nitrogen and oxygen atoms in total. The summed E-state index contributed by atoms with van der Waals surface area (Å²) in [5.74, 6) is 0.876. The molecular formula is C9H10N4O2S. The lowest BCUT2D eigenvalue weighted by molar-refractivity contribution is -0.133. The quantitative estimate of drug-likeness (QED) is 0.729. The zero-order valence-corrected chi connectivity index (χ0v) is 9.12. The third-order valence-corrected chi connectivity index (χ3v) is 2.81. The van der Waals surface area contributed by atoms with Crippen LogP contribution in [0.15, 0.2) is 12.1 Å². The Bertz CT molecular complexity index is 525. The summed E-state index contributed by atoms with van der Waals surface area (Å²) in [4.78, 5) is 21.6. The van der Waals surface area contributed by atoms with Gasteiger partial charge in [-0.05, 0) is 12.1 Å². The summed E-state index contributed by atoms with van der Waals surface area (Å²) in [5, 5.41) is 8.49. The third kappa shape index (κ3) is 2.43. The highest BCUT2D eigenvalue weighted by Gasteiger charge is 2.05. The van der Waals surface area contributed by atoms with Crippen LogP contribution in [0, 0.1) is 0 Å². The van der Waals surface area contributed by atoms with Crippen LogP contribution in [0.4, 0.5) is 5.82 Å². The van der Waals surface area contributed by atoms with Gasteiger partial charge in [-0.2, -0.15) is 0 Å². The number of thioether (sulfide) groups is 1. The molecular weight excluding hydrogens is 228 g/mol. The van der Waals surface area contributed by atoms with Crippen LogP contribution in [-0.2, 0) is 10.5 Å². The largest absolute Gasteiger partial charge is 0.481 e. The summed E-state index contributed by atoms with van der Waals surface area (Å²) in [6.45, 7) is 0. The van der Waals surface area contributed by atoms with Gasteiger partial charge in [0.2, 0.25) is 0 Å². The monoisotopic (exact) mass is 238 g/mol. The number of aliphatic carboxylic acids is 1. The van der Waals surface area contributed by atoms with E-state index in [1.54, 1.807) is 12.1 Å². The number of hydrogen-bond donors (Lipinski definition) is 3. The van der Waals surface area contributed by atoms with Crippen LogP contribution in [0.2, 0.25) is 0 Å². The molecule has 2 rings (SSSR count). The Morgan fingerprint density at radius 3 is 3.06 bits per heavy atom. The van der Waals surface area contributed by atoms with Crippen molar-refractivity contribution in [2.45, 2.75) is 5.75 Å². The summed E-state index contributed by atoms with van der Waals surface area (Å²) >= 11 is 1.28. The molecule has 0 fully saturated rings. The predicted octanol–water partition coefficient (Wildman–Crippen LogP) is 0.858. The molecule has 0 amide bonds. The SMILES string of the molecule is Nc1ccc2[nH]c(CSCC(=O)O)nc2n1. The van der Waals surface area contributed by atoms with Gasteiger partial charge in [0.25, 0.3) is 0 Å². The molecule has 0 radical (unpaired) electrons. The minimum absolute atomic E-state index is 0.0621. The predicted molar refractivity (Wildman–Crippen MR) is 62.1 cm³/mol. The average Bonchev–Trinajstić information content (AvgIpc) is 2.58. The van der Waals surface area contributed by atoms with E-state index in [9.17, 15) is 4.79 Å². The lowest BCUT2D eigenvalue weighted by Crippen LogP contribution is -1.98. The number of nitrogens with one attached hydrogen (secondary N) is 1. The molecule has 0 saturated carbocycles. The smallest absolute Gasteiger partial charge is 0.313 e. The number of fused-ring (bicyclic) bond motifs is 1. The molecule has 0 spiro atoms. The lowest BCUT2D eigenvalue weighted by Gasteiger charge is -1.92. The molecule has 0 atom stereocenters. The molecule has 0 bridgehead atoms. The third-order valence-electron chi connectivity index (χ3n) is 1.88. The first kappa shape index (κ1) is 10.7. The number of anilines is 1. The first-order valence-electron chi connectivity index (χ1n) is 4.56. The van der Waals surface area contributed by atoms with E-state index in [-0.39, 0.29) is 5.75 Å². The summed E-state index contributed by atoms with van der Waals surface area (Å²) in [6.07, 6.45) is 0. The summed E-state index contributed by atoms with van der Waals surface area (Å²) in [7, 11) is 0. The number of rotatable bonds is 4. The zero-order chi connectivity index (χ0) is 11.5. The normalized spacial score (nSPS) is 10.8. The molecule has 4 N–H and O–H groups in total. The maximum atomic E-state index is 10.3. The number of imidazole rings is 1. The second-order valence-corrected chi connectivity index (χ2v) is 4.16. The second kappa shape index (κ2) is 4.40. The molecule has 2 heterocycles. The molecule has 0 unspecified atom stereocenters. The van der Waals surface area contributed by atoms with Gasteiger partial charge in [-0.1, -0.05) is 0 Å².